The number of carbonyl (C=O) groups is 1. The summed E-state index contributed by atoms with van der Waals surface area (Å²) in [7, 11) is 0. The molecule has 31 heavy (non-hydrogen) atoms. The number of morpholine rings is 1. The van der Waals surface area contributed by atoms with Gasteiger partial charge in [-0.2, -0.15) is 5.10 Å². The van der Waals surface area contributed by atoms with Crippen LogP contribution in [0.4, 0.5) is 16.0 Å². The van der Waals surface area contributed by atoms with Crippen LogP contribution in [0.25, 0.3) is 11.5 Å². The Kier molecular flexibility index (Phi) is 4.70. The molecule has 3 aromatic rings. The first-order valence-electron chi connectivity index (χ1n) is 10.3. The number of rotatable bonds is 4. The number of nitrogens with zero attached hydrogens (tertiary/aromatic N) is 5. The van der Waals surface area contributed by atoms with Gasteiger partial charge in [0.05, 0.1) is 30.7 Å². The number of hydrogen-bond donors (Lipinski definition) is 1. The molecule has 8 nitrogen and oxygen atoms in total. The molecular weight excluding hydrogens is 399 g/mol. The molecule has 0 aliphatic carbocycles. The lowest BCUT2D eigenvalue weighted by atomic mass is 9.87. The molecule has 1 aromatic carbocycles. The van der Waals surface area contributed by atoms with Crippen LogP contribution >= 0.6 is 0 Å². The number of carbonyl (C=O) groups excluding carboxylic acids is 1. The molecule has 0 bridgehead atoms. The van der Waals surface area contributed by atoms with Crippen molar-refractivity contribution in [1.29, 1.82) is 0 Å². The zero-order chi connectivity index (χ0) is 21.6. The summed E-state index contributed by atoms with van der Waals surface area (Å²) in [6, 6.07) is 8.42. The van der Waals surface area contributed by atoms with E-state index in [1.807, 2.05) is 13.8 Å². The molecule has 2 aliphatic heterocycles. The minimum atomic E-state index is -0.730. The van der Waals surface area contributed by atoms with Crippen molar-refractivity contribution in [2.45, 2.75) is 25.8 Å². The molecule has 1 amide bonds. The van der Waals surface area contributed by atoms with E-state index in [2.05, 4.69) is 20.3 Å². The van der Waals surface area contributed by atoms with Gasteiger partial charge in [0.1, 0.15) is 23.1 Å². The van der Waals surface area contributed by atoms with Crippen molar-refractivity contribution in [1.82, 2.24) is 19.7 Å². The van der Waals surface area contributed by atoms with Crippen LogP contribution in [0, 0.1) is 5.82 Å². The summed E-state index contributed by atoms with van der Waals surface area (Å²) < 4.78 is 21.1. The fourth-order valence-corrected chi connectivity index (χ4v) is 3.98. The Hall–Kier alpha value is -3.33. The lowest BCUT2D eigenvalue weighted by Crippen LogP contribution is -2.39. The second-order valence-electron chi connectivity index (χ2n) is 8.26. The molecule has 9 heteroatoms. The molecule has 2 aliphatic rings. The van der Waals surface area contributed by atoms with E-state index in [1.165, 1.54) is 6.07 Å². The fourth-order valence-electron chi connectivity index (χ4n) is 3.98. The fraction of sp³-hybridized carbons (Fsp3) is 0.364. The molecule has 4 heterocycles. The standard InChI is InChI=1S/C22H23FN6O2/c1-22(2)17-19(26-21(22)30)24-18(25-20(17)28-9-11-31-12-10-28)16-7-8-29(27-16)13-14-5-3-4-6-15(14)23/h3-8H,9-13H2,1-2H3,(H,24,25,26,30). The highest BCUT2D eigenvalue weighted by atomic mass is 19.1. The molecule has 0 radical (unpaired) electrons. The summed E-state index contributed by atoms with van der Waals surface area (Å²) in [6.07, 6.45) is 1.77. The Labute approximate surface area is 179 Å². The van der Waals surface area contributed by atoms with E-state index < -0.39 is 5.41 Å². The van der Waals surface area contributed by atoms with Crippen LogP contribution in [0.1, 0.15) is 25.0 Å². The lowest BCUT2D eigenvalue weighted by Gasteiger charge is -2.31. The lowest BCUT2D eigenvalue weighted by molar-refractivity contribution is -0.119. The number of benzene rings is 1. The first-order valence-corrected chi connectivity index (χ1v) is 10.3. The number of nitrogens with one attached hydrogen (secondary N) is 1. The Bertz CT molecular complexity index is 1150. The van der Waals surface area contributed by atoms with Crippen molar-refractivity contribution in [3.63, 3.8) is 0 Å². The van der Waals surface area contributed by atoms with E-state index in [0.29, 0.717) is 55.7 Å². The quantitative estimate of drug-likeness (QED) is 0.696. The van der Waals surface area contributed by atoms with Crippen molar-refractivity contribution in [2.75, 3.05) is 36.5 Å². The van der Waals surface area contributed by atoms with E-state index in [0.717, 1.165) is 11.4 Å². The average molecular weight is 422 g/mol. The zero-order valence-corrected chi connectivity index (χ0v) is 17.4. The highest BCUT2D eigenvalue weighted by Crippen LogP contribution is 2.42. The molecule has 0 unspecified atom stereocenters. The maximum absolute atomic E-state index is 14.0. The van der Waals surface area contributed by atoms with Gasteiger partial charge < -0.3 is 15.0 Å². The molecule has 0 saturated carbocycles. The van der Waals surface area contributed by atoms with Crippen molar-refractivity contribution in [2.24, 2.45) is 0 Å². The monoisotopic (exact) mass is 422 g/mol. The molecular formula is C22H23FN6O2. The summed E-state index contributed by atoms with van der Waals surface area (Å²) in [6.45, 7) is 6.65. The number of aromatic nitrogens is 4. The first-order chi connectivity index (χ1) is 14.9. The number of hydrogen-bond acceptors (Lipinski definition) is 6. The molecule has 1 N–H and O–H groups in total. The van der Waals surface area contributed by atoms with Crippen LogP contribution in [-0.2, 0) is 21.5 Å². The number of fused-ring (bicyclic) bond motifs is 1. The van der Waals surface area contributed by atoms with Gasteiger partial charge in [-0.05, 0) is 26.0 Å². The van der Waals surface area contributed by atoms with Gasteiger partial charge in [0, 0.05) is 24.8 Å². The van der Waals surface area contributed by atoms with Gasteiger partial charge in [-0.15, -0.1) is 0 Å². The number of amides is 1. The normalized spacial score (nSPS) is 17.5. The predicted molar refractivity (Wildman–Crippen MR) is 113 cm³/mol. The van der Waals surface area contributed by atoms with Gasteiger partial charge in [-0.1, -0.05) is 18.2 Å². The topological polar surface area (TPSA) is 85.2 Å². The molecule has 5 rings (SSSR count). The summed E-state index contributed by atoms with van der Waals surface area (Å²) in [5.74, 6) is 1.30. The zero-order valence-electron chi connectivity index (χ0n) is 17.4. The molecule has 1 fully saturated rings. The number of halogens is 1. The smallest absolute Gasteiger partial charge is 0.235 e. The maximum atomic E-state index is 14.0. The van der Waals surface area contributed by atoms with Crippen molar-refractivity contribution in [3.8, 4) is 11.5 Å². The Morgan fingerprint density at radius 1 is 1.16 bits per heavy atom. The summed E-state index contributed by atoms with van der Waals surface area (Å²) >= 11 is 0. The third-order valence-corrected chi connectivity index (χ3v) is 5.79. The predicted octanol–water partition coefficient (Wildman–Crippen LogP) is 2.59. The molecule has 0 atom stereocenters. The Morgan fingerprint density at radius 2 is 1.94 bits per heavy atom. The van der Waals surface area contributed by atoms with Crippen LogP contribution in [0.15, 0.2) is 36.5 Å². The van der Waals surface area contributed by atoms with Gasteiger partial charge >= 0.3 is 0 Å². The minimum Gasteiger partial charge on any atom is -0.378 e. The van der Waals surface area contributed by atoms with Crippen molar-refractivity contribution < 1.29 is 13.9 Å². The third-order valence-electron chi connectivity index (χ3n) is 5.79. The maximum Gasteiger partial charge on any atom is 0.235 e. The van der Waals surface area contributed by atoms with Gasteiger partial charge in [0.2, 0.25) is 5.91 Å². The number of anilines is 2. The van der Waals surface area contributed by atoms with Crippen LogP contribution in [0.3, 0.4) is 0 Å². The highest BCUT2D eigenvalue weighted by Gasteiger charge is 2.44. The summed E-state index contributed by atoms with van der Waals surface area (Å²) in [5.41, 5.74) is 1.18. The third kappa shape index (κ3) is 3.44. The molecule has 1 saturated heterocycles. The van der Waals surface area contributed by atoms with Gasteiger partial charge in [-0.3, -0.25) is 9.48 Å². The van der Waals surface area contributed by atoms with E-state index in [4.69, 9.17) is 9.72 Å². The van der Waals surface area contributed by atoms with Crippen LogP contribution in [0.2, 0.25) is 0 Å². The van der Waals surface area contributed by atoms with Crippen molar-refractivity contribution >= 4 is 17.5 Å². The molecule has 0 spiro atoms. The van der Waals surface area contributed by atoms with E-state index >= 15 is 0 Å². The van der Waals surface area contributed by atoms with Crippen LogP contribution < -0.4 is 10.2 Å². The van der Waals surface area contributed by atoms with E-state index in [9.17, 15) is 9.18 Å². The van der Waals surface area contributed by atoms with Crippen LogP contribution in [0.5, 0.6) is 0 Å². The average Bonchev–Trinajstić information content (AvgIpc) is 3.32. The molecule has 160 valence electrons. The highest BCUT2D eigenvalue weighted by molar-refractivity contribution is 6.06. The van der Waals surface area contributed by atoms with Gasteiger partial charge in [0.15, 0.2) is 5.82 Å². The van der Waals surface area contributed by atoms with E-state index in [-0.39, 0.29) is 11.7 Å². The minimum absolute atomic E-state index is 0.103. The Morgan fingerprint density at radius 3 is 2.71 bits per heavy atom. The number of ether oxygens (including phenoxy) is 1. The van der Waals surface area contributed by atoms with Gasteiger partial charge in [0.25, 0.3) is 0 Å². The largest absolute Gasteiger partial charge is 0.378 e. The Balaban J connectivity index is 1.54. The SMILES string of the molecule is CC1(C)C(=O)Nc2nc(-c3ccn(Cc4ccccc4F)n3)nc(N3CCOCC3)c21. The van der Waals surface area contributed by atoms with Crippen LogP contribution in [-0.4, -0.2) is 52.0 Å². The first kappa shape index (κ1) is 19.6. The molecule has 2 aromatic heterocycles. The second kappa shape index (κ2) is 7.42. The summed E-state index contributed by atoms with van der Waals surface area (Å²) in [5, 5.41) is 7.45. The summed E-state index contributed by atoms with van der Waals surface area (Å²) in [4.78, 5) is 24.2. The van der Waals surface area contributed by atoms with E-state index in [1.54, 1.807) is 35.1 Å². The second-order valence-corrected chi connectivity index (χ2v) is 8.26. The van der Waals surface area contributed by atoms with Gasteiger partial charge in [-0.25, -0.2) is 14.4 Å². The van der Waals surface area contributed by atoms with Crippen molar-refractivity contribution in [3.05, 3.63) is 53.5 Å².